The first-order chi connectivity index (χ1) is 8.58. The summed E-state index contributed by atoms with van der Waals surface area (Å²) in [5.74, 6) is 0.445. The van der Waals surface area contributed by atoms with Gasteiger partial charge in [0.15, 0.2) is 11.0 Å². The summed E-state index contributed by atoms with van der Waals surface area (Å²) in [4.78, 5) is 15.0. The molecule has 0 fully saturated rings. The average Bonchev–Trinajstić information content (AvgIpc) is 2.68. The molecule has 0 aliphatic carbocycles. The fraction of sp³-hybridized carbons (Fsp3) is 0.750. The molecule has 1 rings (SSSR count). The molecule has 1 aromatic rings. The van der Waals surface area contributed by atoms with Gasteiger partial charge in [-0.1, -0.05) is 38.5 Å². The maximum atomic E-state index is 10.6. The summed E-state index contributed by atoms with van der Waals surface area (Å²) < 4.78 is 1.68. The molecule has 0 saturated carbocycles. The Morgan fingerprint density at radius 1 is 1.39 bits per heavy atom. The van der Waals surface area contributed by atoms with Crippen molar-refractivity contribution in [3.05, 3.63) is 5.82 Å². The van der Waals surface area contributed by atoms with E-state index in [1.807, 2.05) is 7.05 Å². The zero-order chi connectivity index (χ0) is 13.5. The van der Waals surface area contributed by atoms with Crippen LogP contribution in [0.1, 0.15) is 51.3 Å². The Morgan fingerprint density at radius 3 is 2.50 bits per heavy atom. The van der Waals surface area contributed by atoms with E-state index in [1.165, 1.54) is 11.8 Å². The van der Waals surface area contributed by atoms with Crippen LogP contribution in [0.5, 0.6) is 0 Å². The fourth-order valence-electron chi connectivity index (χ4n) is 1.91. The van der Waals surface area contributed by atoms with Crippen LogP contribution in [0.3, 0.4) is 0 Å². The number of carboxylic acids is 1. The molecule has 102 valence electrons. The molecular formula is C12H21N3O2S. The number of thioether (sulfide) groups is 1. The molecule has 0 saturated heterocycles. The minimum atomic E-state index is -0.830. The topological polar surface area (TPSA) is 68.0 Å². The van der Waals surface area contributed by atoms with Crippen LogP contribution in [0.15, 0.2) is 5.16 Å². The van der Waals surface area contributed by atoms with Gasteiger partial charge < -0.3 is 5.11 Å². The van der Waals surface area contributed by atoms with E-state index in [4.69, 9.17) is 5.11 Å². The van der Waals surface area contributed by atoms with E-state index >= 15 is 0 Å². The van der Waals surface area contributed by atoms with Gasteiger partial charge in [-0.3, -0.25) is 4.79 Å². The molecule has 0 aromatic carbocycles. The van der Waals surface area contributed by atoms with Crippen molar-refractivity contribution in [3.8, 4) is 0 Å². The summed E-state index contributed by atoms with van der Waals surface area (Å²) in [5.41, 5.74) is 0. The maximum absolute atomic E-state index is 10.6. The third-order valence-electron chi connectivity index (χ3n) is 2.70. The van der Waals surface area contributed by atoms with Gasteiger partial charge in [0.05, 0.1) is 5.75 Å². The molecule has 0 spiro atoms. The van der Waals surface area contributed by atoms with Crippen molar-refractivity contribution in [3.63, 3.8) is 0 Å². The number of carboxylic acid groups (broad SMARTS) is 1. The summed E-state index contributed by atoms with van der Waals surface area (Å²) in [6.45, 7) is 4.32. The molecule has 18 heavy (non-hydrogen) atoms. The number of carbonyl (C=O) groups is 1. The third-order valence-corrected chi connectivity index (χ3v) is 3.71. The highest BCUT2D eigenvalue weighted by Crippen LogP contribution is 2.25. The largest absolute Gasteiger partial charge is 0.481 e. The lowest BCUT2D eigenvalue weighted by atomic mass is 9.98. The predicted octanol–water partition coefficient (Wildman–Crippen LogP) is 2.68. The Hall–Kier alpha value is -1.04. The average molecular weight is 271 g/mol. The van der Waals surface area contributed by atoms with Crippen LogP contribution in [-0.4, -0.2) is 31.6 Å². The predicted molar refractivity (Wildman–Crippen MR) is 71.9 cm³/mol. The summed E-state index contributed by atoms with van der Waals surface area (Å²) in [6, 6.07) is 0. The lowest BCUT2D eigenvalue weighted by Gasteiger charge is -2.10. The molecule has 1 N–H and O–H groups in total. The smallest absolute Gasteiger partial charge is 0.313 e. The second-order valence-corrected chi connectivity index (χ2v) is 5.28. The van der Waals surface area contributed by atoms with Crippen LogP contribution in [0.4, 0.5) is 0 Å². The lowest BCUT2D eigenvalue weighted by molar-refractivity contribution is -0.133. The summed E-state index contributed by atoms with van der Waals surface area (Å²) >= 11 is 1.22. The Balaban J connectivity index is 2.76. The van der Waals surface area contributed by atoms with Crippen molar-refractivity contribution >= 4 is 17.7 Å². The van der Waals surface area contributed by atoms with E-state index in [1.54, 1.807) is 4.68 Å². The number of aryl methyl sites for hydroxylation is 1. The quantitative estimate of drug-likeness (QED) is 0.736. The van der Waals surface area contributed by atoms with Gasteiger partial charge in [0.2, 0.25) is 0 Å². The van der Waals surface area contributed by atoms with Crippen molar-refractivity contribution in [2.75, 3.05) is 5.75 Å². The Morgan fingerprint density at radius 2 is 2.00 bits per heavy atom. The SMILES string of the molecule is CCCC(CCC)c1nc(SCC(=O)O)n(C)n1. The summed E-state index contributed by atoms with van der Waals surface area (Å²) in [5, 5.41) is 13.8. The van der Waals surface area contributed by atoms with Crippen molar-refractivity contribution in [2.24, 2.45) is 7.05 Å². The first kappa shape index (κ1) is 15.0. The molecule has 0 atom stereocenters. The van der Waals surface area contributed by atoms with E-state index in [0.29, 0.717) is 11.1 Å². The van der Waals surface area contributed by atoms with E-state index in [0.717, 1.165) is 31.5 Å². The minimum absolute atomic E-state index is 0.0260. The molecule has 5 nitrogen and oxygen atoms in total. The van der Waals surface area contributed by atoms with Crippen LogP contribution in [0.25, 0.3) is 0 Å². The molecular weight excluding hydrogens is 250 g/mol. The second kappa shape index (κ2) is 7.41. The zero-order valence-corrected chi connectivity index (χ0v) is 12.0. The molecule has 0 aliphatic heterocycles. The Labute approximate surface area is 112 Å². The van der Waals surface area contributed by atoms with Crippen LogP contribution in [0, 0.1) is 0 Å². The Bertz CT molecular complexity index is 387. The first-order valence-corrected chi connectivity index (χ1v) is 7.32. The van der Waals surface area contributed by atoms with Gasteiger partial charge in [-0.25, -0.2) is 9.67 Å². The van der Waals surface area contributed by atoms with Crippen LogP contribution in [-0.2, 0) is 11.8 Å². The van der Waals surface area contributed by atoms with Crippen molar-refractivity contribution in [1.29, 1.82) is 0 Å². The lowest BCUT2D eigenvalue weighted by Crippen LogP contribution is -2.02. The number of aromatic nitrogens is 3. The standard InChI is InChI=1S/C12H21N3O2S/c1-4-6-9(7-5-2)11-13-12(15(3)14-11)18-8-10(16)17/h9H,4-8H2,1-3H3,(H,16,17). The van der Waals surface area contributed by atoms with E-state index in [9.17, 15) is 4.79 Å². The third kappa shape index (κ3) is 4.33. The van der Waals surface area contributed by atoms with Gasteiger partial charge in [0.1, 0.15) is 0 Å². The maximum Gasteiger partial charge on any atom is 0.313 e. The summed E-state index contributed by atoms with van der Waals surface area (Å²) in [7, 11) is 1.82. The molecule has 1 heterocycles. The highest BCUT2D eigenvalue weighted by atomic mass is 32.2. The van der Waals surface area contributed by atoms with E-state index in [-0.39, 0.29) is 5.75 Å². The highest BCUT2D eigenvalue weighted by Gasteiger charge is 2.17. The van der Waals surface area contributed by atoms with Crippen molar-refractivity contribution < 1.29 is 9.90 Å². The number of hydrogen-bond donors (Lipinski definition) is 1. The van der Waals surface area contributed by atoms with Gasteiger partial charge in [-0.15, -0.1) is 0 Å². The van der Waals surface area contributed by atoms with E-state index in [2.05, 4.69) is 23.9 Å². The van der Waals surface area contributed by atoms with Gasteiger partial charge in [0.25, 0.3) is 0 Å². The van der Waals surface area contributed by atoms with Crippen LogP contribution < -0.4 is 0 Å². The molecule has 0 unspecified atom stereocenters. The second-order valence-electron chi connectivity index (χ2n) is 4.33. The number of rotatable bonds is 8. The minimum Gasteiger partial charge on any atom is -0.481 e. The Kier molecular flexibility index (Phi) is 6.18. The van der Waals surface area contributed by atoms with Crippen LogP contribution >= 0.6 is 11.8 Å². The van der Waals surface area contributed by atoms with Crippen molar-refractivity contribution in [1.82, 2.24) is 14.8 Å². The first-order valence-electron chi connectivity index (χ1n) is 6.34. The van der Waals surface area contributed by atoms with Crippen molar-refractivity contribution in [2.45, 2.75) is 50.6 Å². The molecule has 0 amide bonds. The molecule has 0 radical (unpaired) electrons. The van der Waals surface area contributed by atoms with E-state index < -0.39 is 5.97 Å². The highest BCUT2D eigenvalue weighted by molar-refractivity contribution is 7.99. The molecule has 0 bridgehead atoms. The number of aliphatic carboxylic acids is 1. The summed E-state index contributed by atoms with van der Waals surface area (Å²) in [6.07, 6.45) is 4.39. The molecule has 1 aromatic heterocycles. The zero-order valence-electron chi connectivity index (χ0n) is 11.2. The monoisotopic (exact) mass is 271 g/mol. The number of hydrogen-bond acceptors (Lipinski definition) is 4. The fourth-order valence-corrected chi connectivity index (χ4v) is 2.55. The van der Waals surface area contributed by atoms with Gasteiger partial charge in [-0.05, 0) is 12.8 Å². The molecule has 0 aliphatic rings. The number of nitrogens with zero attached hydrogens (tertiary/aromatic N) is 3. The van der Waals surface area contributed by atoms with Gasteiger partial charge >= 0.3 is 5.97 Å². The van der Waals surface area contributed by atoms with Gasteiger partial charge in [-0.2, -0.15) is 5.10 Å². The normalized spacial score (nSPS) is 11.1. The van der Waals surface area contributed by atoms with Gasteiger partial charge in [0, 0.05) is 13.0 Å². The van der Waals surface area contributed by atoms with Crippen LogP contribution in [0.2, 0.25) is 0 Å². The molecule has 6 heteroatoms.